The fourth-order valence-corrected chi connectivity index (χ4v) is 5.96. The van der Waals surface area contributed by atoms with Gasteiger partial charge in [-0.1, -0.05) is 35.5 Å². The van der Waals surface area contributed by atoms with Gasteiger partial charge in [0, 0.05) is 29.3 Å². The minimum Gasteiger partial charge on any atom is -0.326 e. The quantitative estimate of drug-likeness (QED) is 0.321. The van der Waals surface area contributed by atoms with E-state index in [1.807, 2.05) is 31.2 Å². The van der Waals surface area contributed by atoms with E-state index >= 15 is 0 Å². The molecule has 0 saturated heterocycles. The molecule has 0 bridgehead atoms. The highest BCUT2D eigenvalue weighted by Crippen LogP contribution is 2.34. The molecule has 0 unspecified atom stereocenters. The van der Waals surface area contributed by atoms with Crippen molar-refractivity contribution in [2.75, 3.05) is 11.1 Å². The largest absolute Gasteiger partial charge is 0.326 e. The van der Waals surface area contributed by atoms with Gasteiger partial charge in [0.2, 0.25) is 5.91 Å². The van der Waals surface area contributed by atoms with Gasteiger partial charge in [0.1, 0.15) is 4.83 Å². The lowest BCUT2D eigenvalue weighted by Crippen LogP contribution is -2.23. The van der Waals surface area contributed by atoms with Crippen LogP contribution in [0.4, 0.5) is 5.69 Å². The number of allylic oxidation sites excluding steroid dienone is 1. The highest BCUT2D eigenvalue weighted by molar-refractivity contribution is 7.99. The zero-order chi connectivity index (χ0) is 21.1. The van der Waals surface area contributed by atoms with Crippen molar-refractivity contribution in [1.82, 2.24) is 9.55 Å². The van der Waals surface area contributed by atoms with Crippen molar-refractivity contribution >= 4 is 44.9 Å². The van der Waals surface area contributed by atoms with Crippen LogP contribution in [-0.4, -0.2) is 21.2 Å². The summed E-state index contributed by atoms with van der Waals surface area (Å²) in [5.74, 6) is 0.509. The summed E-state index contributed by atoms with van der Waals surface area (Å²) in [6.07, 6.45) is 6.39. The van der Waals surface area contributed by atoms with Crippen molar-refractivity contribution in [3.8, 4) is 0 Å². The molecule has 0 saturated carbocycles. The molecule has 1 aromatic carbocycles. The smallest absolute Gasteiger partial charge is 0.263 e. The summed E-state index contributed by atoms with van der Waals surface area (Å²) >= 11 is 3.11. The number of benzene rings is 1. The minimum absolute atomic E-state index is 0.0194. The third kappa shape index (κ3) is 4.37. The maximum atomic E-state index is 13.2. The number of amides is 1. The number of hydrogen-bond donors (Lipinski definition) is 1. The summed E-state index contributed by atoms with van der Waals surface area (Å²) in [5, 5.41) is 4.36. The lowest BCUT2D eigenvalue weighted by Gasteiger charge is -2.12. The van der Waals surface area contributed by atoms with Gasteiger partial charge in [0.15, 0.2) is 5.16 Å². The molecular weight excluding hydrogens is 414 g/mol. The van der Waals surface area contributed by atoms with Crippen molar-refractivity contribution in [1.29, 1.82) is 0 Å². The number of carbonyl (C=O) groups is 1. The Balaban J connectivity index is 1.51. The normalized spacial score (nSPS) is 13.2. The highest BCUT2D eigenvalue weighted by Gasteiger charge is 2.22. The predicted molar refractivity (Wildman–Crippen MR) is 126 cm³/mol. The number of carbonyl (C=O) groups excluding carboxylic acids is 1. The highest BCUT2D eigenvalue weighted by atomic mass is 32.2. The van der Waals surface area contributed by atoms with Crippen LogP contribution in [0.2, 0.25) is 0 Å². The Hall–Kier alpha value is -2.38. The van der Waals surface area contributed by atoms with Crippen LogP contribution < -0.4 is 10.9 Å². The second-order valence-corrected chi connectivity index (χ2v) is 9.65. The molecule has 1 aliphatic carbocycles. The standard InChI is InChI=1S/C23H25N3O2S2/c1-3-13-26-22(28)20-17-6-4-5-7-18(17)30-21(20)25-23(26)29-14-12-19(27)24-16-10-8-15(2)9-11-16/h3,8-11H,1,4-7,12-14H2,2H3,(H,24,27). The van der Waals surface area contributed by atoms with Crippen LogP contribution in [-0.2, 0) is 24.2 Å². The van der Waals surface area contributed by atoms with E-state index in [9.17, 15) is 9.59 Å². The van der Waals surface area contributed by atoms with E-state index in [4.69, 9.17) is 4.98 Å². The summed E-state index contributed by atoms with van der Waals surface area (Å²) in [5.41, 5.74) is 3.17. The third-order valence-corrected chi connectivity index (χ3v) is 7.41. The Morgan fingerprint density at radius 1 is 1.30 bits per heavy atom. The lowest BCUT2D eigenvalue weighted by molar-refractivity contribution is -0.115. The Morgan fingerprint density at radius 2 is 2.07 bits per heavy atom. The number of rotatable bonds is 7. The first-order chi connectivity index (χ1) is 14.6. The molecule has 5 nitrogen and oxygen atoms in total. The van der Waals surface area contributed by atoms with Gasteiger partial charge in [-0.05, 0) is 50.3 Å². The molecule has 2 heterocycles. The average molecular weight is 440 g/mol. The average Bonchev–Trinajstić information content (AvgIpc) is 3.11. The van der Waals surface area contributed by atoms with Gasteiger partial charge >= 0.3 is 0 Å². The van der Waals surface area contributed by atoms with Crippen molar-refractivity contribution in [2.45, 2.75) is 50.7 Å². The molecule has 4 rings (SSSR count). The number of fused-ring (bicyclic) bond motifs is 3. The molecule has 1 aliphatic rings. The van der Waals surface area contributed by atoms with Gasteiger partial charge in [-0.2, -0.15) is 0 Å². The van der Waals surface area contributed by atoms with Gasteiger partial charge in [-0.3, -0.25) is 14.2 Å². The first kappa shape index (κ1) is 20.9. The van der Waals surface area contributed by atoms with Crippen LogP contribution in [0.25, 0.3) is 10.2 Å². The zero-order valence-corrected chi connectivity index (χ0v) is 18.7. The molecule has 0 aliphatic heterocycles. The van der Waals surface area contributed by atoms with Gasteiger partial charge < -0.3 is 5.32 Å². The van der Waals surface area contributed by atoms with Gasteiger partial charge in [0.05, 0.1) is 5.39 Å². The second-order valence-electron chi connectivity index (χ2n) is 7.50. The Kier molecular flexibility index (Phi) is 6.39. The van der Waals surface area contributed by atoms with Crippen molar-refractivity contribution in [3.05, 3.63) is 63.3 Å². The molecule has 0 atom stereocenters. The molecule has 2 aromatic heterocycles. The maximum Gasteiger partial charge on any atom is 0.263 e. The zero-order valence-electron chi connectivity index (χ0n) is 17.1. The second kappa shape index (κ2) is 9.18. The first-order valence-corrected chi connectivity index (χ1v) is 12.0. The Morgan fingerprint density at radius 3 is 2.83 bits per heavy atom. The van der Waals surface area contributed by atoms with Crippen LogP contribution in [0.1, 0.15) is 35.3 Å². The summed E-state index contributed by atoms with van der Waals surface area (Å²) in [6.45, 7) is 6.23. The molecule has 3 aromatic rings. The molecule has 7 heteroatoms. The summed E-state index contributed by atoms with van der Waals surface area (Å²) in [7, 11) is 0. The van der Waals surface area contributed by atoms with Crippen LogP contribution in [0.15, 0.2) is 46.9 Å². The third-order valence-electron chi connectivity index (χ3n) is 5.25. The predicted octanol–water partition coefficient (Wildman–Crippen LogP) is 4.95. The summed E-state index contributed by atoms with van der Waals surface area (Å²) < 4.78 is 1.69. The molecule has 30 heavy (non-hydrogen) atoms. The van der Waals surface area contributed by atoms with Gasteiger partial charge in [-0.25, -0.2) is 4.98 Å². The van der Waals surface area contributed by atoms with E-state index in [2.05, 4.69) is 11.9 Å². The fraction of sp³-hybridized carbons (Fsp3) is 0.348. The fourth-order valence-electron chi connectivity index (χ4n) is 3.72. The van der Waals surface area contributed by atoms with Gasteiger partial charge in [0.25, 0.3) is 5.56 Å². The molecule has 0 spiro atoms. The number of aryl methyl sites for hydroxylation is 3. The van der Waals surface area contributed by atoms with Crippen LogP contribution in [0.3, 0.4) is 0 Å². The number of hydrogen-bond acceptors (Lipinski definition) is 5. The van der Waals surface area contributed by atoms with E-state index in [-0.39, 0.29) is 11.5 Å². The summed E-state index contributed by atoms with van der Waals surface area (Å²) in [6, 6.07) is 7.74. The molecule has 1 N–H and O–H groups in total. The molecular formula is C23H25N3O2S2. The Bertz CT molecular complexity index is 1150. The van der Waals surface area contributed by atoms with E-state index in [1.165, 1.54) is 28.6 Å². The number of thiophene rings is 1. The maximum absolute atomic E-state index is 13.2. The number of nitrogens with zero attached hydrogens (tertiary/aromatic N) is 2. The number of nitrogens with one attached hydrogen (secondary N) is 1. The minimum atomic E-state index is -0.0448. The monoisotopic (exact) mass is 439 g/mol. The Labute approximate surface area is 184 Å². The van der Waals surface area contributed by atoms with E-state index in [0.717, 1.165) is 40.7 Å². The molecule has 156 valence electrons. The van der Waals surface area contributed by atoms with E-state index in [1.54, 1.807) is 22.0 Å². The van der Waals surface area contributed by atoms with Gasteiger partial charge in [-0.15, -0.1) is 17.9 Å². The van der Waals surface area contributed by atoms with Crippen LogP contribution in [0.5, 0.6) is 0 Å². The van der Waals surface area contributed by atoms with E-state index in [0.29, 0.717) is 23.9 Å². The summed E-state index contributed by atoms with van der Waals surface area (Å²) in [4.78, 5) is 32.5. The van der Waals surface area contributed by atoms with Crippen LogP contribution >= 0.6 is 23.1 Å². The molecule has 0 radical (unpaired) electrons. The molecule has 1 amide bonds. The van der Waals surface area contributed by atoms with Crippen LogP contribution in [0, 0.1) is 6.92 Å². The number of aromatic nitrogens is 2. The lowest BCUT2D eigenvalue weighted by atomic mass is 9.97. The topological polar surface area (TPSA) is 64.0 Å². The number of anilines is 1. The SMILES string of the molecule is C=CCn1c(SCCC(=O)Nc2ccc(C)cc2)nc2sc3c(c2c1=O)CCCC3. The number of thioether (sulfide) groups is 1. The van der Waals surface area contributed by atoms with Crippen molar-refractivity contribution < 1.29 is 4.79 Å². The van der Waals surface area contributed by atoms with Crippen molar-refractivity contribution in [3.63, 3.8) is 0 Å². The van der Waals surface area contributed by atoms with Crippen molar-refractivity contribution in [2.24, 2.45) is 0 Å². The first-order valence-electron chi connectivity index (χ1n) is 10.2. The molecule has 0 fully saturated rings. The van der Waals surface area contributed by atoms with E-state index < -0.39 is 0 Å².